The molecule has 13 heteroatoms. The van der Waals surface area contributed by atoms with Gasteiger partial charge in [-0.05, 0) is 18.3 Å². The molecule has 0 aromatic carbocycles. The molecule has 2 amide bonds. The number of nitrogens with zero attached hydrogens (tertiary/aromatic N) is 4. The van der Waals surface area contributed by atoms with Crippen LogP contribution in [0.1, 0.15) is 47.0 Å². The first-order valence-electron chi connectivity index (χ1n) is 11.3. The summed E-state index contributed by atoms with van der Waals surface area (Å²) in [7, 11) is -3.26. The Kier molecular flexibility index (Phi) is 7.34. The van der Waals surface area contributed by atoms with Crippen molar-refractivity contribution in [3.63, 3.8) is 0 Å². The summed E-state index contributed by atoms with van der Waals surface area (Å²) in [5.74, 6) is -1.33. The Bertz CT molecular complexity index is 1230. The van der Waals surface area contributed by atoms with Gasteiger partial charge in [0.2, 0.25) is 5.91 Å². The number of nitrogens with one attached hydrogen (secondary N) is 1. The van der Waals surface area contributed by atoms with Gasteiger partial charge < -0.3 is 5.73 Å². The van der Waals surface area contributed by atoms with E-state index in [1.165, 1.54) is 9.47 Å². The van der Waals surface area contributed by atoms with E-state index in [2.05, 4.69) is 10.1 Å². The van der Waals surface area contributed by atoms with Crippen LogP contribution in [0, 0.1) is 11.8 Å². The van der Waals surface area contributed by atoms with Gasteiger partial charge in [-0.15, -0.1) is 0 Å². The minimum Gasteiger partial charge on any atom is -0.383 e. The van der Waals surface area contributed by atoms with Gasteiger partial charge >= 0.3 is 5.69 Å². The van der Waals surface area contributed by atoms with Crippen molar-refractivity contribution < 1.29 is 18.0 Å². The largest absolute Gasteiger partial charge is 0.383 e. The molecule has 2 aliphatic rings. The second-order valence-electron chi connectivity index (χ2n) is 9.65. The van der Waals surface area contributed by atoms with Gasteiger partial charge in [0, 0.05) is 25.9 Å². The number of aromatic amines is 1. The van der Waals surface area contributed by atoms with Crippen LogP contribution >= 0.6 is 0 Å². The topological polar surface area (TPSA) is 168 Å². The maximum atomic E-state index is 13.6. The number of H-pyrrole nitrogens is 1. The predicted molar refractivity (Wildman–Crippen MR) is 128 cm³/mol. The van der Waals surface area contributed by atoms with Gasteiger partial charge in [-0.2, -0.15) is 5.10 Å². The van der Waals surface area contributed by atoms with Crippen LogP contribution in [-0.4, -0.2) is 64.6 Å². The van der Waals surface area contributed by atoms with Crippen molar-refractivity contribution >= 4 is 38.9 Å². The number of hydrogen-bond donors (Lipinski definition) is 2. The third-order valence-electron chi connectivity index (χ3n) is 5.69. The second kappa shape index (κ2) is 9.72. The van der Waals surface area contributed by atoms with Crippen molar-refractivity contribution in [2.75, 3.05) is 28.7 Å². The molecule has 34 heavy (non-hydrogen) atoms. The van der Waals surface area contributed by atoms with E-state index in [0.717, 1.165) is 5.01 Å². The zero-order valence-electron chi connectivity index (χ0n) is 19.9. The molecule has 3 rings (SSSR count). The number of rotatable bonds is 7. The SMILES string of the molecule is CC(C)CN(C(=O)C1=NN([C@H]2CCS(=O)(=O)C2)C(=O)CC1)c1c(N)n(CC(C)C)c(=O)[nH]c1=O. The van der Waals surface area contributed by atoms with Crippen LogP contribution in [-0.2, 0) is 26.0 Å². The van der Waals surface area contributed by atoms with Crippen LogP contribution in [0.3, 0.4) is 0 Å². The van der Waals surface area contributed by atoms with Crippen LogP contribution in [0.15, 0.2) is 14.7 Å². The molecule has 1 fully saturated rings. The number of hydrazone groups is 1. The van der Waals surface area contributed by atoms with Gasteiger partial charge in [-0.3, -0.25) is 28.8 Å². The van der Waals surface area contributed by atoms with Gasteiger partial charge in [0.1, 0.15) is 11.5 Å². The van der Waals surface area contributed by atoms with Crippen molar-refractivity contribution in [3.05, 3.63) is 20.8 Å². The first-order valence-corrected chi connectivity index (χ1v) is 13.2. The summed E-state index contributed by atoms with van der Waals surface area (Å²) in [5.41, 5.74) is 4.67. The quantitative estimate of drug-likeness (QED) is 0.532. The Morgan fingerprint density at radius 2 is 1.85 bits per heavy atom. The molecule has 1 saturated heterocycles. The predicted octanol–water partition coefficient (Wildman–Crippen LogP) is -0.0707. The van der Waals surface area contributed by atoms with Crippen LogP contribution in [0.4, 0.5) is 11.5 Å². The standard InChI is InChI=1S/C21H32N6O6S/c1-12(2)9-25(17-18(22)26(10-13(3)4)21(31)23-19(17)29)20(30)15-5-6-16(28)27(24-15)14-7-8-34(32,33)11-14/h12-14H,5-11,22H2,1-4H3,(H,23,29,31)/t14-/m0/s1. The second-order valence-corrected chi connectivity index (χ2v) is 11.9. The number of sulfone groups is 1. The molecule has 0 bridgehead atoms. The van der Waals surface area contributed by atoms with Crippen molar-refractivity contribution in [3.8, 4) is 0 Å². The molecule has 3 N–H and O–H groups in total. The molecule has 1 aromatic heterocycles. The Hall–Kier alpha value is -2.96. The van der Waals surface area contributed by atoms with Crippen LogP contribution in [0.25, 0.3) is 0 Å². The van der Waals surface area contributed by atoms with Gasteiger partial charge in [0.15, 0.2) is 15.5 Å². The number of nitrogen functional groups attached to an aromatic ring is 1. The molecule has 3 heterocycles. The summed E-state index contributed by atoms with van der Waals surface area (Å²) in [6.45, 7) is 7.86. The lowest BCUT2D eigenvalue weighted by Gasteiger charge is -2.31. The molecule has 0 aliphatic carbocycles. The highest BCUT2D eigenvalue weighted by Crippen LogP contribution is 2.25. The zero-order valence-corrected chi connectivity index (χ0v) is 20.7. The lowest BCUT2D eigenvalue weighted by atomic mass is 10.1. The fourth-order valence-corrected chi connectivity index (χ4v) is 5.85. The van der Waals surface area contributed by atoms with E-state index in [0.29, 0.717) is 0 Å². The number of nitrogens with two attached hydrogens (primary N) is 1. The normalized spacial score (nSPS) is 20.2. The van der Waals surface area contributed by atoms with E-state index in [1.54, 1.807) is 0 Å². The molecule has 12 nitrogen and oxygen atoms in total. The van der Waals surface area contributed by atoms with Gasteiger partial charge in [-0.1, -0.05) is 27.7 Å². The third kappa shape index (κ3) is 5.40. The highest BCUT2D eigenvalue weighted by molar-refractivity contribution is 7.91. The Morgan fingerprint density at radius 1 is 1.18 bits per heavy atom. The molecule has 188 valence electrons. The Balaban J connectivity index is 2.05. The maximum absolute atomic E-state index is 13.6. The number of amides is 2. The fraction of sp³-hybridized carbons (Fsp3) is 0.667. The van der Waals surface area contributed by atoms with Crippen LogP contribution < -0.4 is 21.9 Å². The highest BCUT2D eigenvalue weighted by atomic mass is 32.2. The van der Waals surface area contributed by atoms with E-state index in [-0.39, 0.29) is 78.8 Å². The minimum absolute atomic E-state index is 0.00464. The summed E-state index contributed by atoms with van der Waals surface area (Å²) < 4.78 is 25.0. The molecule has 1 atom stereocenters. The van der Waals surface area contributed by atoms with E-state index in [4.69, 9.17) is 5.73 Å². The van der Waals surface area contributed by atoms with Crippen molar-refractivity contribution in [2.45, 2.75) is 59.5 Å². The number of aromatic nitrogens is 2. The summed E-state index contributed by atoms with van der Waals surface area (Å²) in [4.78, 5) is 54.6. The van der Waals surface area contributed by atoms with Crippen molar-refractivity contribution in [2.24, 2.45) is 16.9 Å². The monoisotopic (exact) mass is 496 g/mol. The average molecular weight is 497 g/mol. The lowest BCUT2D eigenvalue weighted by molar-refractivity contribution is -0.133. The lowest BCUT2D eigenvalue weighted by Crippen LogP contribution is -2.48. The number of carbonyl (C=O) groups is 2. The average Bonchev–Trinajstić information content (AvgIpc) is 3.09. The number of hydrogen-bond acceptors (Lipinski definition) is 8. The van der Waals surface area contributed by atoms with Gasteiger partial charge in [0.25, 0.3) is 11.5 Å². The van der Waals surface area contributed by atoms with Crippen LogP contribution in [0.5, 0.6) is 0 Å². The maximum Gasteiger partial charge on any atom is 0.330 e. The summed E-state index contributed by atoms with van der Waals surface area (Å²) in [5, 5.41) is 5.33. The minimum atomic E-state index is -3.26. The fourth-order valence-electron chi connectivity index (χ4n) is 4.16. The number of anilines is 2. The Labute approximate surface area is 197 Å². The van der Waals surface area contributed by atoms with E-state index in [9.17, 15) is 27.6 Å². The van der Waals surface area contributed by atoms with Crippen LogP contribution in [0.2, 0.25) is 0 Å². The van der Waals surface area contributed by atoms with E-state index >= 15 is 0 Å². The molecule has 0 spiro atoms. The molecule has 2 aliphatic heterocycles. The molecule has 0 saturated carbocycles. The summed E-state index contributed by atoms with van der Waals surface area (Å²) >= 11 is 0. The van der Waals surface area contributed by atoms with E-state index < -0.39 is 33.0 Å². The first-order chi connectivity index (χ1) is 15.8. The van der Waals surface area contributed by atoms with Crippen molar-refractivity contribution in [1.29, 1.82) is 0 Å². The summed E-state index contributed by atoms with van der Waals surface area (Å²) in [6, 6.07) is -0.624. The van der Waals surface area contributed by atoms with Gasteiger partial charge in [0.05, 0.1) is 17.5 Å². The molecule has 0 unspecified atom stereocenters. The highest BCUT2D eigenvalue weighted by Gasteiger charge is 2.38. The molecule has 0 radical (unpaired) electrons. The van der Waals surface area contributed by atoms with Gasteiger partial charge in [-0.25, -0.2) is 18.2 Å². The Morgan fingerprint density at radius 3 is 2.41 bits per heavy atom. The first kappa shape index (κ1) is 25.7. The summed E-state index contributed by atoms with van der Waals surface area (Å²) in [6.07, 6.45) is 0.294. The number of carbonyl (C=O) groups excluding carboxylic acids is 2. The molecular formula is C21H32N6O6S. The van der Waals surface area contributed by atoms with Crippen molar-refractivity contribution in [1.82, 2.24) is 14.6 Å². The van der Waals surface area contributed by atoms with E-state index in [1.807, 2.05) is 27.7 Å². The zero-order chi connectivity index (χ0) is 25.4. The molecule has 1 aromatic rings. The smallest absolute Gasteiger partial charge is 0.330 e. The molecular weight excluding hydrogens is 464 g/mol. The third-order valence-corrected chi connectivity index (χ3v) is 7.44.